The molecule has 0 radical (unpaired) electrons. The first-order valence-corrected chi connectivity index (χ1v) is 13.8. The highest BCUT2D eigenvalue weighted by Crippen LogP contribution is 2.40. The van der Waals surface area contributed by atoms with Crippen LogP contribution < -0.4 is 0 Å². The molecule has 0 aliphatic heterocycles. The van der Waals surface area contributed by atoms with Crippen LogP contribution in [0.3, 0.4) is 0 Å². The second-order valence-corrected chi connectivity index (χ2v) is 10.4. The second-order valence-electron chi connectivity index (χ2n) is 10.4. The molecule has 0 saturated carbocycles. The van der Waals surface area contributed by atoms with Crippen molar-refractivity contribution >= 4 is 0 Å². The maximum Gasteiger partial charge on any atom is 0.0408 e. The summed E-state index contributed by atoms with van der Waals surface area (Å²) < 4.78 is 0. The molecule has 0 spiro atoms. The molecule has 0 amide bonds. The minimum Gasteiger partial charge on any atom is -0.101 e. The zero-order valence-electron chi connectivity index (χ0n) is 24.2. The lowest BCUT2D eigenvalue weighted by atomic mass is 9.85. The van der Waals surface area contributed by atoms with Gasteiger partial charge in [-0.25, -0.2) is 0 Å². The summed E-state index contributed by atoms with van der Waals surface area (Å²) in [5, 5.41) is 0. The summed E-state index contributed by atoms with van der Waals surface area (Å²) in [5.41, 5.74) is 16.9. The van der Waals surface area contributed by atoms with Crippen molar-refractivity contribution in [2.24, 2.45) is 0 Å². The fourth-order valence-corrected chi connectivity index (χ4v) is 5.58. The van der Waals surface area contributed by atoms with Crippen molar-refractivity contribution in [3.63, 3.8) is 0 Å². The average Bonchev–Trinajstić information content (AvgIpc) is 2.97. The lowest BCUT2D eigenvalue weighted by molar-refractivity contribution is 1.34. The van der Waals surface area contributed by atoms with Gasteiger partial charge in [-0.3, -0.25) is 0 Å². The Morgan fingerprint density at radius 3 is 1.20 bits per heavy atom. The largest absolute Gasteiger partial charge is 0.101 e. The third-order valence-corrected chi connectivity index (χ3v) is 7.57. The Kier molecular flexibility index (Phi) is 7.73. The number of hydrogen-bond acceptors (Lipinski definition) is 0. The highest BCUT2D eigenvalue weighted by atomic mass is 14.2. The fraction of sp³-hybridized carbons (Fsp3) is 0.150. The van der Waals surface area contributed by atoms with Gasteiger partial charge in [0, 0.05) is 11.1 Å². The smallest absolute Gasteiger partial charge is 0.0408 e. The van der Waals surface area contributed by atoms with Crippen molar-refractivity contribution in [3.05, 3.63) is 130 Å². The molecule has 0 N–H and O–H groups in total. The lowest BCUT2D eigenvalue weighted by Crippen LogP contribution is -1.97. The zero-order chi connectivity index (χ0) is 28.2. The third-order valence-electron chi connectivity index (χ3n) is 7.57. The van der Waals surface area contributed by atoms with Crippen molar-refractivity contribution in [3.8, 4) is 68.2 Å². The topological polar surface area (TPSA) is 0 Å². The third kappa shape index (κ3) is 5.23. The lowest BCUT2D eigenvalue weighted by Gasteiger charge is -2.19. The number of aryl methyl sites for hydroxylation is 4. The van der Waals surface area contributed by atoms with Crippen molar-refractivity contribution in [1.29, 1.82) is 0 Å². The SMILES string of the molecule is CC#Cc1cc(C)c(-c2cc(C)c(-c3cc(-c4ccccc4)c(-c4ccccc4)cc3C)cc2C)cc1C#CC. The molecule has 0 bridgehead atoms. The predicted octanol–water partition coefficient (Wildman–Crippen LogP) is 10.3. The van der Waals surface area contributed by atoms with Crippen LogP contribution in [0.1, 0.15) is 47.2 Å². The van der Waals surface area contributed by atoms with E-state index in [0.717, 1.165) is 11.1 Å². The Morgan fingerprint density at radius 2 is 0.725 bits per heavy atom. The maximum atomic E-state index is 3.27. The molecule has 5 rings (SSSR count). The summed E-state index contributed by atoms with van der Waals surface area (Å²) in [4.78, 5) is 0. The predicted molar refractivity (Wildman–Crippen MR) is 172 cm³/mol. The van der Waals surface area contributed by atoms with E-state index in [1.807, 2.05) is 13.8 Å². The van der Waals surface area contributed by atoms with Crippen LogP contribution in [-0.2, 0) is 0 Å². The Balaban J connectivity index is 1.68. The second kappa shape index (κ2) is 11.5. The average molecular weight is 515 g/mol. The first-order valence-electron chi connectivity index (χ1n) is 13.8. The summed E-state index contributed by atoms with van der Waals surface area (Å²) in [6, 6.07) is 35.2. The molecule has 0 nitrogen and oxygen atoms in total. The van der Waals surface area contributed by atoms with Gasteiger partial charge in [-0.2, -0.15) is 0 Å². The van der Waals surface area contributed by atoms with Gasteiger partial charge < -0.3 is 0 Å². The molecule has 0 saturated heterocycles. The van der Waals surface area contributed by atoms with Gasteiger partial charge in [0.1, 0.15) is 0 Å². The van der Waals surface area contributed by atoms with Crippen molar-refractivity contribution < 1.29 is 0 Å². The molecule has 0 fully saturated rings. The molecule has 5 aromatic rings. The molecular weight excluding hydrogens is 480 g/mol. The van der Waals surface area contributed by atoms with Gasteiger partial charge in [0.05, 0.1) is 0 Å². The van der Waals surface area contributed by atoms with Gasteiger partial charge in [0.2, 0.25) is 0 Å². The molecule has 5 aromatic carbocycles. The number of hydrogen-bond donors (Lipinski definition) is 0. The molecule has 0 atom stereocenters. The van der Waals surface area contributed by atoms with E-state index >= 15 is 0 Å². The van der Waals surface area contributed by atoms with Crippen molar-refractivity contribution in [2.45, 2.75) is 41.5 Å². The van der Waals surface area contributed by atoms with Gasteiger partial charge in [-0.1, -0.05) is 90.7 Å². The molecule has 0 heteroatoms. The van der Waals surface area contributed by atoms with Crippen molar-refractivity contribution in [1.82, 2.24) is 0 Å². The van der Waals surface area contributed by atoms with E-state index in [1.165, 1.54) is 66.8 Å². The van der Waals surface area contributed by atoms with E-state index in [2.05, 4.69) is 148 Å². The Bertz CT molecular complexity index is 1830. The van der Waals surface area contributed by atoms with E-state index < -0.39 is 0 Å². The molecule has 0 heterocycles. The standard InChI is InChI=1S/C40H34/c1-7-15-33-21-27(3)37(25-34(33)16-8-2)35-22-29(5)36(23-28(35)4)38-26-40(32-19-13-10-14-20-32)39(24-30(38)6)31-17-11-9-12-18-31/h9-14,17-26H,1-6H3. The van der Waals surface area contributed by atoms with E-state index in [9.17, 15) is 0 Å². The maximum absolute atomic E-state index is 3.27. The summed E-state index contributed by atoms with van der Waals surface area (Å²) in [5.74, 6) is 12.6. The minimum atomic E-state index is 0.985. The van der Waals surface area contributed by atoms with Gasteiger partial charge in [0.25, 0.3) is 0 Å². The molecule has 0 aromatic heterocycles. The zero-order valence-corrected chi connectivity index (χ0v) is 24.2. The van der Waals surface area contributed by atoms with Crippen LogP contribution in [0.2, 0.25) is 0 Å². The molecule has 194 valence electrons. The molecule has 40 heavy (non-hydrogen) atoms. The quantitative estimate of drug-likeness (QED) is 0.209. The van der Waals surface area contributed by atoms with Crippen LogP contribution >= 0.6 is 0 Å². The van der Waals surface area contributed by atoms with E-state index in [4.69, 9.17) is 0 Å². The Labute approximate surface area is 239 Å². The van der Waals surface area contributed by atoms with E-state index in [0.29, 0.717) is 0 Å². The van der Waals surface area contributed by atoms with E-state index in [-0.39, 0.29) is 0 Å². The van der Waals surface area contributed by atoms with Gasteiger partial charge in [-0.15, -0.1) is 11.8 Å². The number of benzene rings is 5. The van der Waals surface area contributed by atoms with Crippen LogP contribution in [-0.4, -0.2) is 0 Å². The van der Waals surface area contributed by atoms with Crippen molar-refractivity contribution in [2.75, 3.05) is 0 Å². The Morgan fingerprint density at radius 1 is 0.375 bits per heavy atom. The monoisotopic (exact) mass is 514 g/mol. The number of rotatable bonds is 4. The Hall–Kier alpha value is -4.78. The van der Waals surface area contributed by atoms with Crippen LogP contribution in [0.5, 0.6) is 0 Å². The first kappa shape index (κ1) is 26.8. The molecule has 0 unspecified atom stereocenters. The highest BCUT2D eigenvalue weighted by molar-refractivity contribution is 5.90. The molecule has 0 aliphatic carbocycles. The van der Waals surface area contributed by atoms with Crippen LogP contribution in [0.15, 0.2) is 97.1 Å². The summed E-state index contributed by atoms with van der Waals surface area (Å²) in [7, 11) is 0. The van der Waals surface area contributed by atoms with Gasteiger partial charge >= 0.3 is 0 Å². The first-order chi connectivity index (χ1) is 19.4. The highest BCUT2D eigenvalue weighted by Gasteiger charge is 2.17. The van der Waals surface area contributed by atoms with Crippen LogP contribution in [0.25, 0.3) is 44.5 Å². The molecular formula is C40H34. The van der Waals surface area contributed by atoms with Crippen LogP contribution in [0.4, 0.5) is 0 Å². The summed E-state index contributed by atoms with van der Waals surface area (Å²) in [6.45, 7) is 12.6. The fourth-order valence-electron chi connectivity index (χ4n) is 5.58. The summed E-state index contributed by atoms with van der Waals surface area (Å²) >= 11 is 0. The van der Waals surface area contributed by atoms with Crippen LogP contribution in [0, 0.1) is 51.4 Å². The molecule has 0 aliphatic rings. The van der Waals surface area contributed by atoms with E-state index in [1.54, 1.807) is 0 Å². The van der Waals surface area contributed by atoms with Gasteiger partial charge in [-0.05, 0) is 127 Å². The minimum absolute atomic E-state index is 0.985. The van der Waals surface area contributed by atoms with Gasteiger partial charge in [0.15, 0.2) is 0 Å². The summed E-state index contributed by atoms with van der Waals surface area (Å²) in [6.07, 6.45) is 0. The normalized spacial score (nSPS) is 10.3.